The highest BCUT2D eigenvalue weighted by atomic mass is 16.2. The number of likely N-dealkylation sites (N-methyl/N-ethyl adjacent to an activating group) is 1. The van der Waals surface area contributed by atoms with Crippen molar-refractivity contribution in [3.63, 3.8) is 0 Å². The van der Waals surface area contributed by atoms with Gasteiger partial charge in [0.15, 0.2) is 0 Å². The molecule has 1 amide bonds. The second kappa shape index (κ2) is 4.12. The van der Waals surface area contributed by atoms with Gasteiger partial charge in [-0.1, -0.05) is 13.8 Å². The molecule has 0 radical (unpaired) electrons. The van der Waals surface area contributed by atoms with E-state index in [0.29, 0.717) is 17.9 Å². The van der Waals surface area contributed by atoms with Gasteiger partial charge in [-0.15, -0.1) is 0 Å². The van der Waals surface area contributed by atoms with Crippen molar-refractivity contribution in [2.45, 2.75) is 45.2 Å². The molecular weight excluding hydrogens is 188 g/mol. The average molecular weight is 210 g/mol. The lowest BCUT2D eigenvalue weighted by molar-refractivity contribution is -0.129. The number of hydrogen-bond donors (Lipinski definition) is 1. The van der Waals surface area contributed by atoms with Crippen molar-refractivity contribution in [1.82, 2.24) is 10.2 Å². The molecule has 0 unspecified atom stereocenters. The van der Waals surface area contributed by atoms with Crippen LogP contribution in [0.25, 0.3) is 0 Å². The van der Waals surface area contributed by atoms with Crippen molar-refractivity contribution >= 4 is 5.91 Å². The zero-order chi connectivity index (χ0) is 11.0. The minimum Gasteiger partial charge on any atom is -0.344 e. The number of hydrogen-bond acceptors (Lipinski definition) is 2. The highest BCUT2D eigenvalue weighted by Gasteiger charge is 2.51. The summed E-state index contributed by atoms with van der Waals surface area (Å²) < 4.78 is 0. The van der Waals surface area contributed by atoms with Crippen LogP contribution < -0.4 is 5.32 Å². The lowest BCUT2D eigenvalue weighted by atomic mass is 10.1. The molecule has 1 aliphatic heterocycles. The molecule has 2 atom stereocenters. The fourth-order valence-corrected chi connectivity index (χ4v) is 2.04. The predicted molar refractivity (Wildman–Crippen MR) is 60.5 cm³/mol. The van der Waals surface area contributed by atoms with Gasteiger partial charge in [-0.05, 0) is 31.1 Å². The summed E-state index contributed by atoms with van der Waals surface area (Å²) in [5, 5.41) is 3.31. The third kappa shape index (κ3) is 2.71. The van der Waals surface area contributed by atoms with Gasteiger partial charge >= 0.3 is 0 Å². The Labute approximate surface area is 92.2 Å². The second-order valence-corrected chi connectivity index (χ2v) is 5.45. The summed E-state index contributed by atoms with van der Waals surface area (Å²) in [7, 11) is 1.93. The van der Waals surface area contributed by atoms with E-state index in [1.165, 1.54) is 12.8 Å². The number of nitrogens with one attached hydrogen (secondary N) is 1. The summed E-state index contributed by atoms with van der Waals surface area (Å²) in [4.78, 5) is 13.8. The van der Waals surface area contributed by atoms with Crippen molar-refractivity contribution in [1.29, 1.82) is 0 Å². The number of carbonyl (C=O) groups excluding carboxylic acids is 1. The summed E-state index contributed by atoms with van der Waals surface area (Å²) in [6.07, 6.45) is 3.73. The number of carbonyl (C=O) groups is 1. The Hall–Kier alpha value is -0.570. The first-order valence-electron chi connectivity index (χ1n) is 6.10. The van der Waals surface area contributed by atoms with E-state index in [9.17, 15) is 4.79 Å². The molecular formula is C12H22N2O. The molecule has 15 heavy (non-hydrogen) atoms. The molecule has 0 bridgehead atoms. The van der Waals surface area contributed by atoms with E-state index in [1.807, 2.05) is 11.9 Å². The second-order valence-electron chi connectivity index (χ2n) is 5.45. The van der Waals surface area contributed by atoms with Gasteiger partial charge in [0, 0.05) is 19.6 Å². The highest BCUT2D eigenvalue weighted by molar-refractivity contribution is 5.85. The van der Waals surface area contributed by atoms with Crippen molar-refractivity contribution in [3.05, 3.63) is 0 Å². The number of rotatable bonds is 5. The Kier molecular flexibility index (Phi) is 3.01. The van der Waals surface area contributed by atoms with Crippen molar-refractivity contribution < 1.29 is 4.79 Å². The van der Waals surface area contributed by atoms with Gasteiger partial charge in [0.2, 0.25) is 5.91 Å². The van der Waals surface area contributed by atoms with Gasteiger partial charge in [0.1, 0.15) is 6.04 Å². The molecule has 2 fully saturated rings. The van der Waals surface area contributed by atoms with Gasteiger partial charge in [-0.3, -0.25) is 10.1 Å². The number of amides is 1. The molecule has 3 heteroatoms. The third-order valence-electron chi connectivity index (χ3n) is 3.44. The summed E-state index contributed by atoms with van der Waals surface area (Å²) in [6.45, 7) is 5.29. The van der Waals surface area contributed by atoms with Crippen molar-refractivity contribution in [2.24, 2.45) is 11.8 Å². The van der Waals surface area contributed by atoms with E-state index in [1.54, 1.807) is 0 Å². The van der Waals surface area contributed by atoms with E-state index < -0.39 is 0 Å². The normalized spacial score (nSPS) is 29.3. The quantitative estimate of drug-likeness (QED) is 0.694. The van der Waals surface area contributed by atoms with Crippen LogP contribution in [0, 0.1) is 11.8 Å². The minimum atomic E-state index is 0.148. The summed E-state index contributed by atoms with van der Waals surface area (Å²) in [5.74, 6) is 1.77. The van der Waals surface area contributed by atoms with Crippen LogP contribution >= 0.6 is 0 Å². The van der Waals surface area contributed by atoms with Crippen LogP contribution in [0.15, 0.2) is 0 Å². The standard InChI is InChI=1S/C12H22N2O/c1-8(2)6-7-14(3)12(15)11-10(13-11)9-4-5-9/h8-11,13H,4-7H2,1-3H3/t10-,11+/m0/s1. The van der Waals surface area contributed by atoms with Crippen LogP contribution in [0.1, 0.15) is 33.1 Å². The first kappa shape index (κ1) is 10.9. The molecule has 1 saturated heterocycles. The minimum absolute atomic E-state index is 0.148. The SMILES string of the molecule is CC(C)CCN(C)C(=O)[C@@H]1N[C@H]1C1CC1. The van der Waals surface area contributed by atoms with Crippen LogP contribution in [0.4, 0.5) is 0 Å². The van der Waals surface area contributed by atoms with Gasteiger partial charge in [-0.25, -0.2) is 0 Å². The molecule has 86 valence electrons. The maximum Gasteiger partial charge on any atom is 0.241 e. The Morgan fingerprint density at radius 1 is 1.47 bits per heavy atom. The van der Waals surface area contributed by atoms with Crippen molar-refractivity contribution in [2.75, 3.05) is 13.6 Å². The monoisotopic (exact) mass is 210 g/mol. The third-order valence-corrected chi connectivity index (χ3v) is 3.44. The van der Waals surface area contributed by atoms with Gasteiger partial charge in [-0.2, -0.15) is 0 Å². The first-order chi connectivity index (χ1) is 7.09. The van der Waals surface area contributed by atoms with Crippen LogP contribution in [0.3, 0.4) is 0 Å². The lowest BCUT2D eigenvalue weighted by Gasteiger charge is -2.17. The molecule has 0 aromatic heterocycles. The molecule has 1 heterocycles. The maximum atomic E-state index is 11.9. The molecule has 0 aromatic carbocycles. The highest BCUT2D eigenvalue weighted by Crippen LogP contribution is 2.39. The molecule has 2 aliphatic rings. The summed E-state index contributed by atoms with van der Waals surface area (Å²) in [6, 6.07) is 0.661. The first-order valence-corrected chi connectivity index (χ1v) is 6.10. The van der Waals surface area contributed by atoms with Gasteiger partial charge in [0.05, 0.1) is 0 Å². The summed E-state index contributed by atoms with van der Waals surface area (Å²) in [5.41, 5.74) is 0. The molecule has 2 rings (SSSR count). The van der Waals surface area contributed by atoms with Crippen molar-refractivity contribution in [3.8, 4) is 0 Å². The smallest absolute Gasteiger partial charge is 0.241 e. The Bertz CT molecular complexity index is 248. The van der Waals surface area contributed by atoms with E-state index >= 15 is 0 Å². The van der Waals surface area contributed by atoms with Crippen LogP contribution in [0.5, 0.6) is 0 Å². The lowest BCUT2D eigenvalue weighted by Crippen LogP contribution is -2.33. The Morgan fingerprint density at radius 3 is 2.67 bits per heavy atom. The van der Waals surface area contributed by atoms with E-state index in [4.69, 9.17) is 0 Å². The van der Waals surface area contributed by atoms with Crippen LogP contribution in [-0.2, 0) is 4.79 Å². The maximum absolute atomic E-state index is 11.9. The fourth-order valence-electron chi connectivity index (χ4n) is 2.04. The van der Waals surface area contributed by atoms with Crippen LogP contribution in [0.2, 0.25) is 0 Å². The fraction of sp³-hybridized carbons (Fsp3) is 0.917. The predicted octanol–water partition coefficient (Wildman–Crippen LogP) is 1.24. The van der Waals surface area contributed by atoms with Gasteiger partial charge < -0.3 is 4.90 Å². The Balaban J connectivity index is 1.71. The number of nitrogens with zero attached hydrogens (tertiary/aromatic N) is 1. The summed E-state index contributed by atoms with van der Waals surface area (Å²) >= 11 is 0. The zero-order valence-corrected chi connectivity index (χ0v) is 9.99. The molecule has 1 aliphatic carbocycles. The zero-order valence-electron chi connectivity index (χ0n) is 9.99. The molecule has 0 spiro atoms. The molecule has 1 N–H and O–H groups in total. The average Bonchev–Trinajstić information content (AvgIpc) is 3.02. The largest absolute Gasteiger partial charge is 0.344 e. The van der Waals surface area contributed by atoms with Crippen LogP contribution in [-0.4, -0.2) is 36.5 Å². The van der Waals surface area contributed by atoms with Gasteiger partial charge in [0.25, 0.3) is 0 Å². The van der Waals surface area contributed by atoms with E-state index in [0.717, 1.165) is 18.9 Å². The van der Waals surface area contributed by atoms with E-state index in [-0.39, 0.29) is 6.04 Å². The Morgan fingerprint density at radius 2 is 2.13 bits per heavy atom. The molecule has 1 saturated carbocycles. The van der Waals surface area contributed by atoms with E-state index in [2.05, 4.69) is 19.2 Å². The molecule has 0 aromatic rings. The molecule has 3 nitrogen and oxygen atoms in total. The topological polar surface area (TPSA) is 42.2 Å².